The van der Waals surface area contributed by atoms with Crippen molar-refractivity contribution in [2.75, 3.05) is 5.32 Å². The molecule has 1 atom stereocenters. The van der Waals surface area contributed by atoms with Gasteiger partial charge in [-0.1, -0.05) is 29.3 Å². The third-order valence-corrected chi connectivity index (χ3v) is 3.61. The number of hydrogen-bond acceptors (Lipinski definition) is 2. The maximum absolute atomic E-state index is 4.41. The van der Waals surface area contributed by atoms with Crippen LogP contribution in [0.3, 0.4) is 0 Å². The Morgan fingerprint density at radius 2 is 1.68 bits per heavy atom. The van der Waals surface area contributed by atoms with E-state index in [2.05, 4.69) is 71.3 Å². The second-order valence-electron chi connectivity index (χ2n) is 5.05. The fourth-order valence-electron chi connectivity index (χ4n) is 2.26. The molecule has 3 heteroatoms. The van der Waals surface area contributed by atoms with E-state index < -0.39 is 0 Å². The van der Waals surface area contributed by atoms with E-state index in [1.54, 1.807) is 0 Å². The number of hydrogen-bond donors (Lipinski definition) is 1. The number of halogens is 1. The van der Waals surface area contributed by atoms with Gasteiger partial charge in [0.25, 0.3) is 0 Å². The molecule has 0 aliphatic heterocycles. The van der Waals surface area contributed by atoms with Crippen LogP contribution >= 0.6 is 15.9 Å². The molecule has 0 aliphatic carbocycles. The quantitative estimate of drug-likeness (QED) is 0.810. The molecule has 1 heterocycles. The van der Waals surface area contributed by atoms with Gasteiger partial charge in [0.05, 0.1) is 11.4 Å². The summed E-state index contributed by atoms with van der Waals surface area (Å²) in [6.45, 7) is 8.46. The van der Waals surface area contributed by atoms with E-state index in [1.807, 2.05) is 13.0 Å². The Hall–Kier alpha value is -1.35. The van der Waals surface area contributed by atoms with E-state index >= 15 is 0 Å². The lowest BCUT2D eigenvalue weighted by Crippen LogP contribution is -2.08. The molecule has 19 heavy (non-hydrogen) atoms. The van der Waals surface area contributed by atoms with Gasteiger partial charge in [0.15, 0.2) is 0 Å². The van der Waals surface area contributed by atoms with Crippen LogP contribution in [-0.2, 0) is 0 Å². The highest BCUT2D eigenvalue weighted by Crippen LogP contribution is 2.24. The standard InChI is InChI=1S/C16H19BrN2/c1-10-7-11(2)9-14(8-10)12(3)18-15-5-6-16(17)19-13(15)4/h5-9,12,18H,1-4H3. The summed E-state index contributed by atoms with van der Waals surface area (Å²) in [7, 11) is 0. The topological polar surface area (TPSA) is 24.9 Å². The van der Waals surface area contributed by atoms with Crippen molar-refractivity contribution in [3.05, 3.63) is 57.3 Å². The number of pyridine rings is 1. The molecule has 1 N–H and O–H groups in total. The van der Waals surface area contributed by atoms with Gasteiger partial charge < -0.3 is 5.32 Å². The fraction of sp³-hybridized carbons (Fsp3) is 0.312. The minimum absolute atomic E-state index is 0.264. The number of aromatic nitrogens is 1. The molecule has 2 nitrogen and oxygen atoms in total. The van der Waals surface area contributed by atoms with Gasteiger partial charge in [-0.3, -0.25) is 0 Å². The average Bonchev–Trinajstić information content (AvgIpc) is 2.31. The van der Waals surface area contributed by atoms with Crippen LogP contribution in [0, 0.1) is 20.8 Å². The molecule has 2 rings (SSSR count). The monoisotopic (exact) mass is 318 g/mol. The number of aryl methyl sites for hydroxylation is 3. The van der Waals surface area contributed by atoms with Crippen LogP contribution in [-0.4, -0.2) is 4.98 Å². The first kappa shape index (κ1) is 14.1. The molecule has 100 valence electrons. The summed E-state index contributed by atoms with van der Waals surface area (Å²) in [6.07, 6.45) is 0. The molecule has 0 bridgehead atoms. The zero-order chi connectivity index (χ0) is 14.0. The van der Waals surface area contributed by atoms with Gasteiger partial charge in [0.1, 0.15) is 4.60 Å². The first-order valence-electron chi connectivity index (χ1n) is 6.43. The van der Waals surface area contributed by atoms with Crippen LogP contribution in [0.25, 0.3) is 0 Å². The molecule has 0 spiro atoms. The van der Waals surface area contributed by atoms with Crippen LogP contribution in [0.15, 0.2) is 34.9 Å². The van der Waals surface area contributed by atoms with Crippen LogP contribution in [0.2, 0.25) is 0 Å². The van der Waals surface area contributed by atoms with Crippen molar-refractivity contribution in [1.82, 2.24) is 4.98 Å². The molecule has 0 radical (unpaired) electrons. The largest absolute Gasteiger partial charge is 0.377 e. The second-order valence-corrected chi connectivity index (χ2v) is 5.87. The Labute approximate surface area is 123 Å². The van der Waals surface area contributed by atoms with Gasteiger partial charge in [0, 0.05) is 6.04 Å². The lowest BCUT2D eigenvalue weighted by molar-refractivity contribution is 0.874. The van der Waals surface area contributed by atoms with Crippen molar-refractivity contribution >= 4 is 21.6 Å². The summed E-state index contributed by atoms with van der Waals surface area (Å²) in [4.78, 5) is 4.41. The molecule has 2 aromatic rings. The Kier molecular flexibility index (Phi) is 4.25. The normalized spacial score (nSPS) is 12.3. The summed E-state index contributed by atoms with van der Waals surface area (Å²) >= 11 is 3.39. The Balaban J connectivity index is 2.22. The highest BCUT2D eigenvalue weighted by molar-refractivity contribution is 9.10. The van der Waals surface area contributed by atoms with E-state index in [9.17, 15) is 0 Å². The molecule has 1 aromatic carbocycles. The van der Waals surface area contributed by atoms with Crippen molar-refractivity contribution in [2.45, 2.75) is 33.7 Å². The third-order valence-electron chi connectivity index (χ3n) is 3.17. The van der Waals surface area contributed by atoms with Crippen molar-refractivity contribution in [2.24, 2.45) is 0 Å². The van der Waals surface area contributed by atoms with E-state index in [0.29, 0.717) is 0 Å². The zero-order valence-corrected chi connectivity index (χ0v) is 13.4. The minimum atomic E-state index is 0.264. The first-order chi connectivity index (χ1) is 8.95. The SMILES string of the molecule is Cc1cc(C)cc(C(C)Nc2ccc(Br)nc2C)c1. The molecular weight excluding hydrogens is 300 g/mol. The molecule has 1 unspecified atom stereocenters. The van der Waals surface area contributed by atoms with Crippen molar-refractivity contribution in [3.8, 4) is 0 Å². The van der Waals surface area contributed by atoms with Crippen LogP contribution in [0.4, 0.5) is 5.69 Å². The maximum atomic E-state index is 4.41. The van der Waals surface area contributed by atoms with E-state index in [0.717, 1.165) is 16.0 Å². The predicted octanol–water partition coefficient (Wildman–Crippen LogP) is 4.94. The van der Waals surface area contributed by atoms with E-state index in [1.165, 1.54) is 16.7 Å². The van der Waals surface area contributed by atoms with Gasteiger partial charge in [-0.15, -0.1) is 0 Å². The van der Waals surface area contributed by atoms with Gasteiger partial charge in [-0.05, 0) is 61.3 Å². The van der Waals surface area contributed by atoms with Crippen LogP contribution in [0.5, 0.6) is 0 Å². The van der Waals surface area contributed by atoms with E-state index in [-0.39, 0.29) is 6.04 Å². The summed E-state index contributed by atoms with van der Waals surface area (Å²) in [6, 6.07) is 10.9. The maximum Gasteiger partial charge on any atom is 0.106 e. The van der Waals surface area contributed by atoms with Crippen LogP contribution in [0.1, 0.15) is 35.3 Å². The summed E-state index contributed by atoms with van der Waals surface area (Å²) in [5.74, 6) is 0. The molecule has 0 saturated heterocycles. The van der Waals surface area contributed by atoms with Gasteiger partial charge in [-0.25, -0.2) is 4.98 Å². The zero-order valence-electron chi connectivity index (χ0n) is 11.8. The number of nitrogens with one attached hydrogen (secondary N) is 1. The van der Waals surface area contributed by atoms with Gasteiger partial charge in [0.2, 0.25) is 0 Å². The summed E-state index contributed by atoms with van der Waals surface area (Å²) < 4.78 is 0.870. The molecule has 0 fully saturated rings. The number of nitrogens with zero attached hydrogens (tertiary/aromatic N) is 1. The summed E-state index contributed by atoms with van der Waals surface area (Å²) in [5.41, 5.74) is 5.99. The highest BCUT2D eigenvalue weighted by atomic mass is 79.9. The van der Waals surface area contributed by atoms with Gasteiger partial charge in [-0.2, -0.15) is 0 Å². The Morgan fingerprint density at radius 1 is 1.05 bits per heavy atom. The summed E-state index contributed by atoms with van der Waals surface area (Å²) in [5, 5.41) is 3.52. The molecule has 1 aromatic heterocycles. The lowest BCUT2D eigenvalue weighted by Gasteiger charge is -2.18. The second kappa shape index (κ2) is 5.74. The smallest absolute Gasteiger partial charge is 0.106 e. The van der Waals surface area contributed by atoms with Crippen molar-refractivity contribution < 1.29 is 0 Å². The first-order valence-corrected chi connectivity index (χ1v) is 7.23. The van der Waals surface area contributed by atoms with Crippen LogP contribution < -0.4 is 5.32 Å². The molecule has 0 amide bonds. The third kappa shape index (κ3) is 3.57. The van der Waals surface area contributed by atoms with Crippen molar-refractivity contribution in [3.63, 3.8) is 0 Å². The predicted molar refractivity (Wildman–Crippen MR) is 84.6 cm³/mol. The average molecular weight is 319 g/mol. The minimum Gasteiger partial charge on any atom is -0.377 e. The molecular formula is C16H19BrN2. The Morgan fingerprint density at radius 3 is 2.26 bits per heavy atom. The fourth-order valence-corrected chi connectivity index (χ4v) is 2.66. The van der Waals surface area contributed by atoms with Crippen molar-refractivity contribution in [1.29, 1.82) is 0 Å². The lowest BCUT2D eigenvalue weighted by atomic mass is 10.0. The van der Waals surface area contributed by atoms with Gasteiger partial charge >= 0.3 is 0 Å². The highest BCUT2D eigenvalue weighted by Gasteiger charge is 2.08. The number of rotatable bonds is 3. The number of anilines is 1. The molecule has 0 saturated carbocycles. The number of benzene rings is 1. The van der Waals surface area contributed by atoms with E-state index in [4.69, 9.17) is 0 Å². The Bertz CT molecular complexity index is 573. The molecule has 0 aliphatic rings.